The molecule has 2 aromatic heterocycles. The number of amides is 2. The highest BCUT2D eigenvalue weighted by atomic mass is 19.3. The molecule has 376 valence electrons. The summed E-state index contributed by atoms with van der Waals surface area (Å²) >= 11 is 0. The van der Waals surface area contributed by atoms with Crippen LogP contribution >= 0.6 is 0 Å². The molecule has 0 saturated carbocycles. The van der Waals surface area contributed by atoms with E-state index in [1.165, 1.54) is 11.4 Å². The van der Waals surface area contributed by atoms with Crippen LogP contribution in [0.5, 0.6) is 0 Å². The molecule has 2 fully saturated rings. The Morgan fingerprint density at radius 1 is 0.500 bits per heavy atom. The number of hydrogen-bond donors (Lipinski definition) is 4. The predicted molar refractivity (Wildman–Crippen MR) is 296 cm³/mol. The van der Waals surface area contributed by atoms with E-state index in [0.29, 0.717) is 17.6 Å². The molecule has 0 bridgehead atoms. The molecule has 0 atom stereocenters. The van der Waals surface area contributed by atoms with Crippen LogP contribution in [0.4, 0.5) is 54.8 Å². The van der Waals surface area contributed by atoms with E-state index in [-0.39, 0.29) is 12.0 Å². The molecular formula is C58H58F2N12O2. The smallest absolute Gasteiger partial charge is 0.275 e. The third kappa shape index (κ3) is 13.1. The normalized spacial score (nSPS) is 13.9. The highest BCUT2D eigenvalue weighted by Gasteiger charge is 2.17. The van der Waals surface area contributed by atoms with Crippen LogP contribution in [0, 0.1) is 0 Å². The van der Waals surface area contributed by atoms with Gasteiger partial charge in [0.2, 0.25) is 17.8 Å². The molecule has 0 radical (unpaired) electrons. The van der Waals surface area contributed by atoms with Gasteiger partial charge in [0.1, 0.15) is 0 Å². The Balaban J connectivity index is 0.000000182. The Kier molecular flexibility index (Phi) is 15.9. The van der Waals surface area contributed by atoms with Gasteiger partial charge in [-0.25, -0.2) is 19.9 Å². The number of nitrogens with one attached hydrogen (secondary N) is 4. The Morgan fingerprint density at radius 2 is 0.905 bits per heavy atom. The monoisotopic (exact) mass is 992 g/mol. The molecule has 16 heteroatoms. The summed E-state index contributed by atoms with van der Waals surface area (Å²) < 4.78 is 24.8. The summed E-state index contributed by atoms with van der Waals surface area (Å²) in [6.07, 6.45) is 3.40. The number of hydrogen-bond acceptors (Lipinski definition) is 12. The number of halogens is 2. The van der Waals surface area contributed by atoms with Crippen LogP contribution in [0.15, 0.2) is 170 Å². The number of fused-ring (bicyclic) bond motifs is 2. The van der Waals surface area contributed by atoms with Crippen LogP contribution in [0.1, 0.15) is 13.8 Å². The molecule has 0 aliphatic carbocycles. The van der Waals surface area contributed by atoms with E-state index >= 15 is 0 Å². The van der Waals surface area contributed by atoms with Gasteiger partial charge in [0.25, 0.3) is 12.0 Å². The van der Waals surface area contributed by atoms with Crippen LogP contribution in [0.2, 0.25) is 0 Å². The van der Waals surface area contributed by atoms with Crippen molar-refractivity contribution in [3.63, 3.8) is 0 Å². The van der Waals surface area contributed by atoms with Crippen molar-refractivity contribution in [2.45, 2.75) is 13.8 Å². The Morgan fingerprint density at radius 3 is 1.31 bits per heavy atom. The van der Waals surface area contributed by atoms with Gasteiger partial charge in [-0.2, -0.15) is 8.78 Å². The number of allylic oxidation sites excluding steroid dienone is 1. The maximum absolute atomic E-state index is 12.4. The van der Waals surface area contributed by atoms with Gasteiger partial charge in [0.05, 0.1) is 17.1 Å². The van der Waals surface area contributed by atoms with Gasteiger partial charge < -0.3 is 40.9 Å². The minimum atomic E-state index is -2.05. The number of nitrogens with zero attached hydrogens (tertiary/aromatic N) is 8. The van der Waals surface area contributed by atoms with Gasteiger partial charge >= 0.3 is 0 Å². The SMILES string of the molecule is CC(C)=CC(=O)Nc1cccc(-c2cccc3cnc(Nc4ccc(N5CCN(C)CC5)cc4)nc23)c1.CN1CCN(c2ccc(Nc3ncc4cccc(-c5cccc(NC(=O)C=C(F)F)c5)c4n3)cc2)CC1. The van der Waals surface area contributed by atoms with Crippen molar-refractivity contribution < 1.29 is 18.4 Å². The summed E-state index contributed by atoms with van der Waals surface area (Å²) in [5.41, 5.74) is 11.5. The number of piperazine rings is 2. The lowest BCUT2D eigenvalue weighted by atomic mass is 10.0. The first kappa shape index (κ1) is 50.3. The standard InChI is InChI=1S/C30H32N6O.C28H26F2N6O/c1-21(2)18-28(37)32-25-8-4-6-22(19-25)27-9-5-7-23-20-31-30(34-29(23)27)33-24-10-12-26(13-11-24)36-16-14-35(3)15-17-36;1-35-12-14-36(15-13-35)23-10-8-21(9-11-23)33-28-31-18-20-5-3-7-24(27(20)34-28)19-4-2-6-22(16-19)32-26(37)17-25(29)30/h4-13,18-20H,14-17H2,1-3H3,(H,32,37)(H,31,33,34);2-11,16-18H,12-15H2,1H3,(H,32,37)(H,31,33,34). The van der Waals surface area contributed by atoms with Crippen molar-refractivity contribution in [1.82, 2.24) is 29.7 Å². The molecule has 10 rings (SSSR count). The van der Waals surface area contributed by atoms with Gasteiger partial charge in [-0.1, -0.05) is 66.2 Å². The van der Waals surface area contributed by atoms with Crippen molar-refractivity contribution in [2.75, 3.05) is 97.5 Å². The third-order valence-electron chi connectivity index (χ3n) is 12.7. The summed E-state index contributed by atoms with van der Waals surface area (Å²) in [6.45, 7) is 12.2. The number of benzene rings is 6. The second-order valence-electron chi connectivity index (χ2n) is 18.6. The zero-order chi connectivity index (χ0) is 51.6. The number of carbonyl (C=O) groups is 2. The van der Waals surface area contributed by atoms with E-state index in [1.54, 1.807) is 30.5 Å². The molecule has 6 aromatic carbocycles. The first-order valence-corrected chi connectivity index (χ1v) is 24.5. The van der Waals surface area contributed by atoms with Gasteiger partial charge in [0, 0.05) is 127 Å². The summed E-state index contributed by atoms with van der Waals surface area (Å²) in [4.78, 5) is 52.0. The molecule has 2 saturated heterocycles. The lowest BCUT2D eigenvalue weighted by Crippen LogP contribution is -2.44. The highest BCUT2D eigenvalue weighted by Crippen LogP contribution is 2.32. The molecule has 2 aliphatic heterocycles. The third-order valence-corrected chi connectivity index (χ3v) is 12.7. The van der Waals surface area contributed by atoms with Crippen LogP contribution in [-0.2, 0) is 9.59 Å². The van der Waals surface area contributed by atoms with Crippen molar-refractivity contribution in [3.05, 3.63) is 170 Å². The summed E-state index contributed by atoms with van der Waals surface area (Å²) in [7, 11) is 4.31. The van der Waals surface area contributed by atoms with E-state index in [4.69, 9.17) is 9.97 Å². The molecule has 74 heavy (non-hydrogen) atoms. The number of para-hydroxylation sites is 2. The van der Waals surface area contributed by atoms with E-state index in [0.717, 1.165) is 119 Å². The summed E-state index contributed by atoms with van der Waals surface area (Å²) in [6, 6.07) is 43.3. The number of likely N-dealkylation sites (N-methyl/N-ethyl adjacent to an activating group) is 2. The molecule has 4 heterocycles. The fourth-order valence-electron chi connectivity index (χ4n) is 8.84. The average Bonchev–Trinajstić information content (AvgIpc) is 3.39. The fraction of sp³-hybridized carbons (Fsp3) is 0.207. The zero-order valence-corrected chi connectivity index (χ0v) is 41.8. The number of carbonyl (C=O) groups excluding carboxylic acids is 2. The van der Waals surface area contributed by atoms with Gasteiger partial charge in [-0.15, -0.1) is 0 Å². The van der Waals surface area contributed by atoms with Crippen molar-refractivity contribution in [1.29, 1.82) is 0 Å². The van der Waals surface area contributed by atoms with E-state index < -0.39 is 12.0 Å². The second-order valence-corrected chi connectivity index (χ2v) is 18.6. The molecule has 8 aromatic rings. The minimum Gasteiger partial charge on any atom is -0.369 e. The maximum atomic E-state index is 12.4. The van der Waals surface area contributed by atoms with Crippen molar-refractivity contribution in [3.8, 4) is 22.3 Å². The Hall–Kier alpha value is -8.60. The number of aromatic nitrogens is 4. The Bertz CT molecular complexity index is 3100. The largest absolute Gasteiger partial charge is 0.369 e. The minimum absolute atomic E-state index is 0.137. The summed E-state index contributed by atoms with van der Waals surface area (Å²) in [5, 5.41) is 13.8. The highest BCUT2D eigenvalue weighted by molar-refractivity contribution is 6.02. The van der Waals surface area contributed by atoms with Gasteiger partial charge in [-0.3, -0.25) is 9.59 Å². The molecule has 0 spiro atoms. The van der Waals surface area contributed by atoms with E-state index in [9.17, 15) is 18.4 Å². The van der Waals surface area contributed by atoms with Crippen LogP contribution in [-0.4, -0.2) is 108 Å². The van der Waals surface area contributed by atoms with Gasteiger partial charge in [0.15, 0.2) is 0 Å². The van der Waals surface area contributed by atoms with Crippen molar-refractivity contribution in [2.24, 2.45) is 0 Å². The van der Waals surface area contributed by atoms with Gasteiger partial charge in [-0.05, 0) is 112 Å². The molecule has 0 unspecified atom stereocenters. The van der Waals surface area contributed by atoms with E-state index in [2.05, 4.69) is 101 Å². The number of anilines is 8. The molecule has 14 nitrogen and oxygen atoms in total. The summed E-state index contributed by atoms with van der Waals surface area (Å²) in [5.74, 6) is -0.0225. The molecule has 2 aliphatic rings. The van der Waals surface area contributed by atoms with E-state index in [1.807, 2.05) is 98.9 Å². The fourth-order valence-corrected chi connectivity index (χ4v) is 8.84. The van der Waals surface area contributed by atoms with Crippen LogP contribution < -0.4 is 31.1 Å². The van der Waals surface area contributed by atoms with Crippen LogP contribution in [0.3, 0.4) is 0 Å². The first-order valence-electron chi connectivity index (χ1n) is 24.5. The molecule has 2 amide bonds. The Labute approximate surface area is 429 Å². The molecule has 4 N–H and O–H groups in total. The lowest BCUT2D eigenvalue weighted by molar-refractivity contribution is -0.112. The molecular weight excluding hydrogens is 935 g/mol. The lowest BCUT2D eigenvalue weighted by Gasteiger charge is -2.34. The topological polar surface area (TPSA) is 147 Å². The average molecular weight is 993 g/mol. The first-order chi connectivity index (χ1) is 35.9. The van der Waals surface area contributed by atoms with Crippen LogP contribution in [0.25, 0.3) is 44.1 Å². The predicted octanol–water partition coefficient (Wildman–Crippen LogP) is 11.2. The number of rotatable bonds is 12. The zero-order valence-electron chi connectivity index (χ0n) is 41.8. The van der Waals surface area contributed by atoms with Crippen molar-refractivity contribution >= 4 is 79.6 Å². The second kappa shape index (κ2) is 23.3. The maximum Gasteiger partial charge on any atom is 0.275 e. The quantitative estimate of drug-likeness (QED) is 0.0864.